The maximum Gasteiger partial charge on any atom is 0.246 e. The molecule has 1 aliphatic heterocycles. The van der Waals surface area contributed by atoms with E-state index in [-0.39, 0.29) is 17.9 Å². The van der Waals surface area contributed by atoms with Crippen LogP contribution < -0.4 is 5.32 Å². The molecule has 0 radical (unpaired) electrons. The molecule has 2 amide bonds. The van der Waals surface area contributed by atoms with Gasteiger partial charge in [0.25, 0.3) is 0 Å². The van der Waals surface area contributed by atoms with Crippen LogP contribution in [0.15, 0.2) is 42.7 Å². The van der Waals surface area contributed by atoms with E-state index in [1.54, 1.807) is 30.3 Å². The number of H-pyrrole nitrogens is 1. The lowest BCUT2D eigenvalue weighted by Crippen LogP contribution is -2.27. The van der Waals surface area contributed by atoms with Gasteiger partial charge in [0, 0.05) is 47.9 Å². The van der Waals surface area contributed by atoms with Crippen molar-refractivity contribution in [3.63, 3.8) is 0 Å². The molecular formula is C22H21ClN4O2. The molecule has 3 aromatic rings. The van der Waals surface area contributed by atoms with Crippen molar-refractivity contribution in [3.05, 3.63) is 64.4 Å². The summed E-state index contributed by atoms with van der Waals surface area (Å²) in [5.74, 6) is 0.478. The van der Waals surface area contributed by atoms with Crippen LogP contribution in [0.25, 0.3) is 17.0 Å². The van der Waals surface area contributed by atoms with Gasteiger partial charge in [-0.25, -0.2) is 4.98 Å². The molecule has 0 bridgehead atoms. The molecule has 2 N–H and O–H groups in total. The number of nitrogens with one attached hydrogen (secondary N) is 2. The Morgan fingerprint density at radius 2 is 2.14 bits per heavy atom. The number of likely N-dealkylation sites (N-methyl/N-ethyl adjacent to an activating group) is 1. The molecule has 29 heavy (non-hydrogen) atoms. The number of aryl methyl sites for hydroxylation is 1. The molecule has 7 heteroatoms. The Hall–Kier alpha value is -3.12. The van der Waals surface area contributed by atoms with E-state index in [4.69, 9.17) is 11.6 Å². The highest BCUT2D eigenvalue weighted by Crippen LogP contribution is 2.29. The maximum absolute atomic E-state index is 12.7. The largest absolute Gasteiger partial charge is 0.361 e. The van der Waals surface area contributed by atoms with Gasteiger partial charge in [0.1, 0.15) is 5.82 Å². The Bertz CT molecular complexity index is 1140. The zero-order valence-corrected chi connectivity index (χ0v) is 17.0. The van der Waals surface area contributed by atoms with E-state index in [2.05, 4.69) is 15.3 Å². The van der Waals surface area contributed by atoms with Crippen molar-refractivity contribution in [1.29, 1.82) is 0 Å². The van der Waals surface area contributed by atoms with Crippen LogP contribution >= 0.6 is 11.6 Å². The van der Waals surface area contributed by atoms with Crippen LogP contribution in [0.2, 0.25) is 5.02 Å². The molecular weight excluding hydrogens is 388 g/mol. The smallest absolute Gasteiger partial charge is 0.246 e. The van der Waals surface area contributed by atoms with Gasteiger partial charge in [0.15, 0.2) is 0 Å². The molecule has 0 spiro atoms. The van der Waals surface area contributed by atoms with Crippen molar-refractivity contribution in [1.82, 2.24) is 14.9 Å². The third kappa shape index (κ3) is 3.89. The lowest BCUT2D eigenvalue weighted by Gasteiger charge is -2.23. The van der Waals surface area contributed by atoms with Gasteiger partial charge in [-0.15, -0.1) is 0 Å². The van der Waals surface area contributed by atoms with Gasteiger partial charge in [-0.05, 0) is 60.4 Å². The fraction of sp³-hybridized carbons (Fsp3) is 0.227. The van der Waals surface area contributed by atoms with Crippen LogP contribution in [0.4, 0.5) is 5.82 Å². The van der Waals surface area contributed by atoms with E-state index in [0.717, 1.165) is 27.6 Å². The monoisotopic (exact) mass is 408 g/mol. The fourth-order valence-electron chi connectivity index (χ4n) is 3.51. The molecule has 1 aliphatic rings. The molecule has 0 aliphatic carbocycles. The van der Waals surface area contributed by atoms with Crippen molar-refractivity contribution < 1.29 is 9.59 Å². The molecule has 1 atom stereocenters. The summed E-state index contributed by atoms with van der Waals surface area (Å²) in [4.78, 5) is 33.4. The summed E-state index contributed by atoms with van der Waals surface area (Å²) < 4.78 is 0. The Labute approximate surface area is 173 Å². The number of halogens is 1. The number of pyridine rings is 1. The topological polar surface area (TPSA) is 78.1 Å². The van der Waals surface area contributed by atoms with Crippen molar-refractivity contribution >= 4 is 46.2 Å². The number of benzene rings is 1. The molecule has 0 saturated heterocycles. The fourth-order valence-corrected chi connectivity index (χ4v) is 3.68. The Morgan fingerprint density at radius 1 is 1.31 bits per heavy atom. The molecule has 1 aromatic carbocycles. The minimum atomic E-state index is -0.128. The number of rotatable bonds is 4. The van der Waals surface area contributed by atoms with Gasteiger partial charge in [-0.3, -0.25) is 9.59 Å². The molecule has 3 heterocycles. The number of amides is 2. The van der Waals surface area contributed by atoms with Gasteiger partial charge in [-0.1, -0.05) is 11.6 Å². The number of carbonyl (C=O) groups excluding carboxylic acids is 2. The van der Waals surface area contributed by atoms with E-state index in [9.17, 15) is 9.59 Å². The molecule has 1 unspecified atom stereocenters. The molecule has 148 valence electrons. The lowest BCUT2D eigenvalue weighted by molar-refractivity contribution is -0.126. The maximum atomic E-state index is 12.7. The number of aromatic nitrogens is 2. The normalized spacial score (nSPS) is 14.7. The van der Waals surface area contributed by atoms with Gasteiger partial charge in [-0.2, -0.15) is 0 Å². The van der Waals surface area contributed by atoms with Gasteiger partial charge in [0.05, 0.1) is 6.04 Å². The van der Waals surface area contributed by atoms with Crippen molar-refractivity contribution in [2.75, 3.05) is 12.4 Å². The van der Waals surface area contributed by atoms with E-state index in [1.165, 1.54) is 0 Å². The molecule has 0 fully saturated rings. The van der Waals surface area contributed by atoms with Crippen LogP contribution in [-0.4, -0.2) is 33.7 Å². The first-order valence-corrected chi connectivity index (χ1v) is 9.80. The summed E-state index contributed by atoms with van der Waals surface area (Å²) in [5.41, 5.74) is 3.81. The van der Waals surface area contributed by atoms with Crippen LogP contribution in [0.3, 0.4) is 0 Å². The Kier molecular flexibility index (Phi) is 5.11. The van der Waals surface area contributed by atoms with Crippen LogP contribution in [0.5, 0.6) is 0 Å². The highest BCUT2D eigenvalue weighted by atomic mass is 35.5. The quantitative estimate of drug-likeness (QED) is 0.630. The zero-order valence-electron chi connectivity index (χ0n) is 16.2. The van der Waals surface area contributed by atoms with Crippen molar-refractivity contribution in [2.24, 2.45) is 0 Å². The number of aromatic amines is 1. The third-order valence-electron chi connectivity index (χ3n) is 5.34. The number of hydrogen-bond donors (Lipinski definition) is 2. The summed E-state index contributed by atoms with van der Waals surface area (Å²) >= 11 is 6.14. The summed E-state index contributed by atoms with van der Waals surface area (Å²) in [6.45, 7) is 1.98. The van der Waals surface area contributed by atoms with E-state index in [1.807, 2.05) is 37.4 Å². The molecule has 6 nitrogen and oxygen atoms in total. The first-order chi connectivity index (χ1) is 13.9. The van der Waals surface area contributed by atoms with E-state index >= 15 is 0 Å². The van der Waals surface area contributed by atoms with Crippen LogP contribution in [-0.2, 0) is 16.0 Å². The van der Waals surface area contributed by atoms with Crippen LogP contribution in [0, 0.1) is 0 Å². The second kappa shape index (κ2) is 7.72. The highest BCUT2D eigenvalue weighted by Gasteiger charge is 2.19. The average molecular weight is 409 g/mol. The van der Waals surface area contributed by atoms with Crippen molar-refractivity contribution in [3.8, 4) is 0 Å². The van der Waals surface area contributed by atoms with Crippen LogP contribution in [0.1, 0.15) is 36.1 Å². The number of fused-ring (bicyclic) bond motifs is 2. The number of carbonyl (C=O) groups is 2. The summed E-state index contributed by atoms with van der Waals surface area (Å²) in [6.07, 6.45) is 7.98. The third-order valence-corrected chi connectivity index (χ3v) is 5.57. The zero-order chi connectivity index (χ0) is 20.5. The number of nitrogens with zero attached hydrogens (tertiary/aromatic N) is 2. The molecule has 0 saturated carbocycles. The van der Waals surface area contributed by atoms with Gasteiger partial charge >= 0.3 is 0 Å². The predicted octanol–water partition coefficient (Wildman–Crippen LogP) is 4.33. The molecule has 4 rings (SSSR count). The van der Waals surface area contributed by atoms with Gasteiger partial charge < -0.3 is 15.2 Å². The number of hydrogen-bond acceptors (Lipinski definition) is 3. The minimum Gasteiger partial charge on any atom is -0.361 e. The average Bonchev–Trinajstić information content (AvgIpc) is 3.13. The second-order valence-electron chi connectivity index (χ2n) is 7.22. The van der Waals surface area contributed by atoms with E-state index in [0.29, 0.717) is 23.7 Å². The van der Waals surface area contributed by atoms with Crippen molar-refractivity contribution in [2.45, 2.75) is 25.8 Å². The second-order valence-corrected chi connectivity index (χ2v) is 7.65. The van der Waals surface area contributed by atoms with E-state index < -0.39 is 0 Å². The SMILES string of the molecule is CC(c1c[nH]c2ccc(Cl)cc12)N(C)C(=O)C=Cc1cnc2c(c1)CCC(=O)N2. The summed E-state index contributed by atoms with van der Waals surface area (Å²) in [5, 5.41) is 4.43. The molecule has 2 aromatic heterocycles. The standard InChI is InChI=1S/C22H21ClN4O2/c1-13(18-12-24-19-6-5-16(23)10-17(18)19)27(2)21(29)8-3-14-9-15-4-7-20(28)26-22(15)25-11-14/h3,5-6,8-13,24H,4,7H2,1-2H3,(H,25,26,28). The lowest BCUT2D eigenvalue weighted by atomic mass is 10.0. The minimum absolute atomic E-state index is 0.0161. The summed E-state index contributed by atoms with van der Waals surface area (Å²) in [6, 6.07) is 7.50. The first kappa shape index (κ1) is 19.2. The Balaban J connectivity index is 1.50. The first-order valence-electron chi connectivity index (χ1n) is 9.42. The number of anilines is 1. The summed E-state index contributed by atoms with van der Waals surface area (Å²) in [7, 11) is 1.78. The Morgan fingerprint density at radius 3 is 2.97 bits per heavy atom. The predicted molar refractivity (Wildman–Crippen MR) is 115 cm³/mol. The van der Waals surface area contributed by atoms with Gasteiger partial charge in [0.2, 0.25) is 11.8 Å². The highest BCUT2D eigenvalue weighted by molar-refractivity contribution is 6.31.